The van der Waals surface area contributed by atoms with Gasteiger partial charge in [0.25, 0.3) is 0 Å². The fourth-order valence-electron chi connectivity index (χ4n) is 3.43. The van der Waals surface area contributed by atoms with Crippen molar-refractivity contribution in [3.05, 3.63) is 77.9 Å². The van der Waals surface area contributed by atoms with Gasteiger partial charge < -0.3 is 9.30 Å². The molecule has 27 heavy (non-hydrogen) atoms. The van der Waals surface area contributed by atoms with E-state index in [-0.39, 0.29) is 18.5 Å². The number of rotatable bonds is 4. The smallest absolute Gasteiger partial charge is 0.354 e. The largest absolute Gasteiger partial charge is 0.461 e. The quantitative estimate of drug-likeness (QED) is 0.474. The Balaban J connectivity index is 1.89. The number of nitrogens with zero attached hydrogens (tertiary/aromatic N) is 2. The molecule has 0 aliphatic rings. The maximum Gasteiger partial charge on any atom is 0.354 e. The van der Waals surface area contributed by atoms with Crippen LogP contribution in [0.3, 0.4) is 0 Å². The van der Waals surface area contributed by atoms with Crippen LogP contribution in [0.1, 0.15) is 36.1 Å². The highest BCUT2D eigenvalue weighted by Crippen LogP contribution is 2.29. The zero-order chi connectivity index (χ0) is 19.0. The summed E-state index contributed by atoms with van der Waals surface area (Å²) in [6.07, 6.45) is 0. The molecule has 4 nitrogen and oxygen atoms in total. The summed E-state index contributed by atoms with van der Waals surface area (Å²) < 4.78 is 20.8. The average Bonchev–Trinajstić information content (AvgIpc) is 3.05. The second-order valence-corrected chi connectivity index (χ2v) is 6.43. The van der Waals surface area contributed by atoms with E-state index in [1.807, 2.05) is 47.9 Å². The maximum absolute atomic E-state index is 13.7. The van der Waals surface area contributed by atoms with Crippen molar-refractivity contribution < 1.29 is 13.9 Å². The number of para-hydroxylation sites is 1. The summed E-state index contributed by atoms with van der Waals surface area (Å²) in [4.78, 5) is 17.3. The molecule has 0 saturated heterocycles. The third kappa shape index (κ3) is 3.05. The monoisotopic (exact) mass is 362 g/mol. The summed E-state index contributed by atoms with van der Waals surface area (Å²) in [5.74, 6) is -0.770. The van der Waals surface area contributed by atoms with Gasteiger partial charge in [-0.05, 0) is 50.2 Å². The summed E-state index contributed by atoms with van der Waals surface area (Å²) >= 11 is 0. The molecule has 0 aliphatic heterocycles. The Kier molecular flexibility index (Phi) is 4.36. The zero-order valence-corrected chi connectivity index (χ0v) is 15.1. The first-order chi connectivity index (χ1) is 13.1. The Hall–Kier alpha value is -3.21. The molecule has 0 aliphatic carbocycles. The molecule has 0 spiro atoms. The SMILES string of the molecule is CCOC(=O)c1cc2cc(F)ccc2n1C(C)c1ccc2ccccc2n1. The number of carbonyl (C=O) groups excluding carboxylic acids is 1. The normalized spacial score (nSPS) is 12.4. The van der Waals surface area contributed by atoms with Gasteiger partial charge in [0.05, 0.1) is 23.9 Å². The van der Waals surface area contributed by atoms with Crippen molar-refractivity contribution >= 4 is 27.8 Å². The van der Waals surface area contributed by atoms with Gasteiger partial charge >= 0.3 is 5.97 Å². The second-order valence-electron chi connectivity index (χ2n) is 6.43. The minimum absolute atomic E-state index is 0.225. The van der Waals surface area contributed by atoms with Crippen molar-refractivity contribution in [3.63, 3.8) is 0 Å². The molecular weight excluding hydrogens is 343 g/mol. The van der Waals surface area contributed by atoms with Crippen LogP contribution in [-0.2, 0) is 4.74 Å². The van der Waals surface area contributed by atoms with E-state index in [0.717, 1.165) is 22.1 Å². The van der Waals surface area contributed by atoms with Gasteiger partial charge in [-0.1, -0.05) is 24.3 Å². The van der Waals surface area contributed by atoms with E-state index in [9.17, 15) is 9.18 Å². The predicted molar refractivity (Wildman–Crippen MR) is 103 cm³/mol. The third-order valence-electron chi connectivity index (χ3n) is 4.72. The lowest BCUT2D eigenvalue weighted by Gasteiger charge is -2.18. The number of halogens is 1. The van der Waals surface area contributed by atoms with Gasteiger partial charge in [0.2, 0.25) is 0 Å². The first-order valence-electron chi connectivity index (χ1n) is 8.92. The summed E-state index contributed by atoms with van der Waals surface area (Å²) in [6.45, 7) is 4.01. The Bertz CT molecular complexity index is 1150. The minimum Gasteiger partial charge on any atom is -0.461 e. The minimum atomic E-state index is -0.429. The summed E-state index contributed by atoms with van der Waals surface area (Å²) in [6, 6.07) is 17.8. The van der Waals surface area contributed by atoms with E-state index in [1.165, 1.54) is 12.1 Å². The van der Waals surface area contributed by atoms with Crippen molar-refractivity contribution in [2.24, 2.45) is 0 Å². The van der Waals surface area contributed by atoms with Crippen molar-refractivity contribution in [1.29, 1.82) is 0 Å². The molecule has 1 unspecified atom stereocenters. The van der Waals surface area contributed by atoms with Crippen molar-refractivity contribution in [3.8, 4) is 0 Å². The predicted octanol–water partition coefficient (Wildman–Crippen LogP) is 5.11. The van der Waals surface area contributed by atoms with Gasteiger partial charge in [0.15, 0.2) is 0 Å². The molecule has 0 saturated carbocycles. The van der Waals surface area contributed by atoms with Gasteiger partial charge in [0, 0.05) is 16.3 Å². The fraction of sp³-hybridized carbons (Fsp3) is 0.182. The number of benzene rings is 2. The Labute approximate surface area is 156 Å². The number of esters is 1. The van der Waals surface area contributed by atoms with E-state index in [1.54, 1.807) is 19.1 Å². The highest BCUT2D eigenvalue weighted by Gasteiger charge is 2.22. The molecule has 0 amide bonds. The van der Waals surface area contributed by atoms with Crippen LogP contribution in [0.25, 0.3) is 21.8 Å². The maximum atomic E-state index is 13.7. The van der Waals surface area contributed by atoms with Gasteiger partial charge in [-0.15, -0.1) is 0 Å². The standard InChI is InChI=1S/C22H19FN2O2/c1-3-27-22(26)21-13-16-12-17(23)9-11-20(16)25(21)14(2)18-10-8-15-6-4-5-7-19(15)24-18/h4-14H,3H2,1-2H3. The number of hydrogen-bond acceptors (Lipinski definition) is 3. The molecule has 0 radical (unpaired) electrons. The van der Waals surface area contributed by atoms with E-state index in [4.69, 9.17) is 9.72 Å². The molecule has 4 aromatic rings. The summed E-state index contributed by atoms with van der Waals surface area (Å²) in [7, 11) is 0. The fourth-order valence-corrected chi connectivity index (χ4v) is 3.43. The highest BCUT2D eigenvalue weighted by atomic mass is 19.1. The molecule has 4 rings (SSSR count). The first kappa shape index (κ1) is 17.2. The number of pyridine rings is 1. The lowest BCUT2D eigenvalue weighted by atomic mass is 10.1. The van der Waals surface area contributed by atoms with Crippen LogP contribution in [-0.4, -0.2) is 22.1 Å². The van der Waals surface area contributed by atoms with E-state index in [0.29, 0.717) is 11.1 Å². The van der Waals surface area contributed by atoms with Crippen LogP contribution in [0.2, 0.25) is 0 Å². The van der Waals surface area contributed by atoms with Crippen LogP contribution < -0.4 is 0 Å². The van der Waals surface area contributed by atoms with Crippen molar-refractivity contribution in [2.45, 2.75) is 19.9 Å². The molecule has 0 fully saturated rings. The molecule has 2 aromatic heterocycles. The van der Waals surface area contributed by atoms with Crippen LogP contribution in [0.4, 0.5) is 4.39 Å². The van der Waals surface area contributed by atoms with Crippen LogP contribution in [0.15, 0.2) is 60.7 Å². The lowest BCUT2D eigenvalue weighted by Crippen LogP contribution is -2.16. The van der Waals surface area contributed by atoms with Crippen LogP contribution in [0, 0.1) is 5.82 Å². The molecular formula is C22H19FN2O2. The molecule has 5 heteroatoms. The third-order valence-corrected chi connectivity index (χ3v) is 4.72. The van der Waals surface area contributed by atoms with Gasteiger partial charge in [-0.3, -0.25) is 4.98 Å². The molecule has 136 valence electrons. The van der Waals surface area contributed by atoms with Crippen molar-refractivity contribution in [1.82, 2.24) is 9.55 Å². The molecule has 0 bridgehead atoms. The Morgan fingerprint density at radius 2 is 1.93 bits per heavy atom. The first-order valence-corrected chi connectivity index (χ1v) is 8.92. The van der Waals surface area contributed by atoms with Crippen molar-refractivity contribution in [2.75, 3.05) is 6.61 Å². The number of fused-ring (bicyclic) bond motifs is 2. The summed E-state index contributed by atoms with van der Waals surface area (Å²) in [5, 5.41) is 1.71. The van der Waals surface area contributed by atoms with E-state index in [2.05, 4.69) is 0 Å². The van der Waals surface area contributed by atoms with Crippen LogP contribution >= 0.6 is 0 Å². The van der Waals surface area contributed by atoms with Gasteiger partial charge in [-0.2, -0.15) is 0 Å². The Morgan fingerprint density at radius 3 is 2.74 bits per heavy atom. The second kappa shape index (κ2) is 6.83. The molecule has 2 heterocycles. The highest BCUT2D eigenvalue weighted by molar-refractivity contribution is 5.96. The number of carbonyl (C=O) groups is 1. The number of hydrogen-bond donors (Lipinski definition) is 0. The zero-order valence-electron chi connectivity index (χ0n) is 15.1. The number of ether oxygens (including phenoxy) is 1. The van der Waals surface area contributed by atoms with Gasteiger partial charge in [0.1, 0.15) is 11.5 Å². The molecule has 1 atom stereocenters. The van der Waals surface area contributed by atoms with E-state index >= 15 is 0 Å². The topological polar surface area (TPSA) is 44.1 Å². The van der Waals surface area contributed by atoms with Crippen LogP contribution in [0.5, 0.6) is 0 Å². The molecule has 0 N–H and O–H groups in total. The lowest BCUT2D eigenvalue weighted by molar-refractivity contribution is 0.0513. The number of aromatic nitrogens is 2. The van der Waals surface area contributed by atoms with Gasteiger partial charge in [-0.25, -0.2) is 9.18 Å². The average molecular weight is 362 g/mol. The summed E-state index contributed by atoms with van der Waals surface area (Å²) in [5.41, 5.74) is 2.87. The molecule has 2 aromatic carbocycles. The Morgan fingerprint density at radius 1 is 1.11 bits per heavy atom. The van der Waals surface area contributed by atoms with E-state index < -0.39 is 5.97 Å².